The van der Waals surface area contributed by atoms with Gasteiger partial charge in [-0.05, 0) is 43.5 Å². The number of carbonyl (C=O) groups is 2. The summed E-state index contributed by atoms with van der Waals surface area (Å²) in [6, 6.07) is 4.12. The molecular weight excluding hydrogens is 277 g/mol. The van der Waals surface area contributed by atoms with Gasteiger partial charge in [-0.3, -0.25) is 9.59 Å². The van der Waals surface area contributed by atoms with Crippen molar-refractivity contribution in [2.45, 2.75) is 19.8 Å². The number of carboxylic acid groups (broad SMARTS) is 1. The van der Waals surface area contributed by atoms with E-state index in [-0.39, 0.29) is 24.2 Å². The van der Waals surface area contributed by atoms with Crippen LogP contribution in [0.3, 0.4) is 0 Å². The normalized spacial score (nSPS) is 15.8. The Morgan fingerprint density at radius 3 is 2.62 bits per heavy atom. The quantitative estimate of drug-likeness (QED) is 0.920. The van der Waals surface area contributed by atoms with E-state index in [2.05, 4.69) is 0 Å². The zero-order chi connectivity index (χ0) is 15.4. The predicted octanol–water partition coefficient (Wildman–Crippen LogP) is 1.84. The largest absolute Gasteiger partial charge is 0.483 e. The fourth-order valence-electron chi connectivity index (χ4n) is 2.38. The minimum Gasteiger partial charge on any atom is -0.483 e. The van der Waals surface area contributed by atoms with E-state index >= 15 is 0 Å². The van der Waals surface area contributed by atoms with Crippen molar-refractivity contribution in [2.24, 2.45) is 5.92 Å². The van der Waals surface area contributed by atoms with Crippen molar-refractivity contribution in [1.82, 2.24) is 4.90 Å². The van der Waals surface area contributed by atoms with Crippen molar-refractivity contribution in [3.8, 4) is 5.75 Å². The zero-order valence-corrected chi connectivity index (χ0v) is 11.8. The number of likely N-dealkylation sites (tertiary alicyclic amines) is 1. The van der Waals surface area contributed by atoms with E-state index in [1.54, 1.807) is 11.8 Å². The van der Waals surface area contributed by atoms with Crippen LogP contribution in [0.15, 0.2) is 18.2 Å². The molecule has 1 saturated heterocycles. The van der Waals surface area contributed by atoms with Crippen molar-refractivity contribution in [1.29, 1.82) is 0 Å². The summed E-state index contributed by atoms with van der Waals surface area (Å²) in [6.45, 7) is 2.45. The average molecular weight is 295 g/mol. The molecule has 0 aromatic heterocycles. The molecule has 1 aliphatic rings. The van der Waals surface area contributed by atoms with Crippen LogP contribution in [-0.2, 0) is 9.59 Å². The molecule has 1 aromatic rings. The first-order valence-corrected chi connectivity index (χ1v) is 6.87. The van der Waals surface area contributed by atoms with Gasteiger partial charge >= 0.3 is 5.97 Å². The molecule has 114 valence electrons. The van der Waals surface area contributed by atoms with Gasteiger partial charge in [0.1, 0.15) is 11.6 Å². The molecule has 0 spiro atoms. The Balaban J connectivity index is 1.84. The lowest BCUT2D eigenvalue weighted by Crippen LogP contribution is -2.42. The van der Waals surface area contributed by atoms with Gasteiger partial charge in [0.2, 0.25) is 0 Å². The molecule has 0 aliphatic carbocycles. The monoisotopic (exact) mass is 295 g/mol. The Bertz CT molecular complexity index is 538. The minimum atomic E-state index is -0.805. The topological polar surface area (TPSA) is 66.8 Å². The van der Waals surface area contributed by atoms with E-state index in [1.807, 2.05) is 0 Å². The maximum absolute atomic E-state index is 13.0. The van der Waals surface area contributed by atoms with Crippen LogP contribution >= 0.6 is 0 Å². The standard InChI is InChI=1S/C15H18FNO4/c1-10-8-12(16)2-3-13(10)21-9-14(18)17-6-4-11(5-7-17)15(19)20/h2-3,8,11H,4-7,9H2,1H3,(H,19,20). The van der Waals surface area contributed by atoms with Crippen LogP contribution in [0, 0.1) is 18.7 Å². The second kappa shape index (κ2) is 6.56. The number of rotatable bonds is 4. The maximum atomic E-state index is 13.0. The van der Waals surface area contributed by atoms with Crippen molar-refractivity contribution in [3.05, 3.63) is 29.6 Å². The van der Waals surface area contributed by atoms with E-state index in [4.69, 9.17) is 9.84 Å². The number of halogens is 1. The molecule has 1 heterocycles. The Hall–Kier alpha value is -2.11. The predicted molar refractivity (Wildman–Crippen MR) is 73.6 cm³/mol. The first-order chi connectivity index (χ1) is 9.97. The number of benzene rings is 1. The maximum Gasteiger partial charge on any atom is 0.306 e. The number of carboxylic acids is 1. The Morgan fingerprint density at radius 2 is 2.05 bits per heavy atom. The van der Waals surface area contributed by atoms with Crippen LogP contribution in [0.25, 0.3) is 0 Å². The van der Waals surface area contributed by atoms with Crippen LogP contribution in [0.2, 0.25) is 0 Å². The molecular formula is C15H18FNO4. The molecule has 1 N–H and O–H groups in total. The lowest BCUT2D eigenvalue weighted by atomic mass is 9.97. The van der Waals surface area contributed by atoms with Gasteiger partial charge in [-0.15, -0.1) is 0 Å². The molecule has 0 saturated carbocycles. The van der Waals surface area contributed by atoms with E-state index in [0.717, 1.165) is 0 Å². The van der Waals surface area contributed by atoms with Crippen molar-refractivity contribution < 1.29 is 23.8 Å². The third-order valence-electron chi connectivity index (χ3n) is 3.69. The second-order valence-electron chi connectivity index (χ2n) is 5.19. The van der Waals surface area contributed by atoms with Crippen molar-refractivity contribution in [2.75, 3.05) is 19.7 Å². The van der Waals surface area contributed by atoms with Gasteiger partial charge in [-0.25, -0.2) is 4.39 Å². The Kier molecular flexibility index (Phi) is 4.77. The van der Waals surface area contributed by atoms with E-state index in [9.17, 15) is 14.0 Å². The smallest absolute Gasteiger partial charge is 0.306 e. The molecule has 1 fully saturated rings. The second-order valence-corrected chi connectivity index (χ2v) is 5.19. The van der Waals surface area contributed by atoms with Crippen LogP contribution in [0.4, 0.5) is 4.39 Å². The van der Waals surface area contributed by atoms with Gasteiger partial charge in [-0.2, -0.15) is 0 Å². The number of piperidine rings is 1. The highest BCUT2D eigenvalue weighted by molar-refractivity contribution is 5.78. The highest BCUT2D eigenvalue weighted by Gasteiger charge is 2.27. The molecule has 1 amide bonds. The van der Waals surface area contributed by atoms with Crippen molar-refractivity contribution in [3.63, 3.8) is 0 Å². The molecule has 2 rings (SSSR count). The number of ether oxygens (including phenoxy) is 1. The summed E-state index contributed by atoms with van der Waals surface area (Å²) < 4.78 is 18.4. The number of carbonyl (C=O) groups excluding carboxylic acids is 1. The van der Waals surface area contributed by atoms with E-state index in [1.165, 1.54) is 18.2 Å². The molecule has 21 heavy (non-hydrogen) atoms. The number of hydrogen-bond acceptors (Lipinski definition) is 3. The van der Waals surface area contributed by atoms with Crippen molar-refractivity contribution >= 4 is 11.9 Å². The number of aliphatic carboxylic acids is 1. The third kappa shape index (κ3) is 3.93. The van der Waals surface area contributed by atoms with Gasteiger partial charge in [0.05, 0.1) is 5.92 Å². The van der Waals surface area contributed by atoms with Crippen LogP contribution in [0.1, 0.15) is 18.4 Å². The molecule has 0 bridgehead atoms. The molecule has 1 aliphatic heterocycles. The van der Waals surface area contributed by atoms with Crippen LogP contribution in [-0.4, -0.2) is 41.6 Å². The first kappa shape index (κ1) is 15.3. The molecule has 0 unspecified atom stereocenters. The third-order valence-corrected chi connectivity index (χ3v) is 3.69. The average Bonchev–Trinajstić information content (AvgIpc) is 2.46. The summed E-state index contributed by atoms with van der Waals surface area (Å²) in [5, 5.41) is 8.91. The lowest BCUT2D eigenvalue weighted by molar-refractivity contribution is -0.146. The molecule has 0 atom stereocenters. The Labute approximate surface area is 122 Å². The van der Waals surface area contributed by atoms with Gasteiger partial charge in [0.15, 0.2) is 6.61 Å². The highest BCUT2D eigenvalue weighted by atomic mass is 19.1. The highest BCUT2D eigenvalue weighted by Crippen LogP contribution is 2.20. The minimum absolute atomic E-state index is 0.121. The van der Waals surface area contributed by atoms with Gasteiger partial charge in [0.25, 0.3) is 5.91 Å². The van der Waals surface area contributed by atoms with Crippen LogP contribution < -0.4 is 4.74 Å². The van der Waals surface area contributed by atoms with Gasteiger partial charge in [0, 0.05) is 13.1 Å². The molecule has 5 nitrogen and oxygen atoms in total. The number of nitrogens with zero attached hydrogens (tertiary/aromatic N) is 1. The summed E-state index contributed by atoms with van der Waals surface area (Å²) in [4.78, 5) is 24.5. The fourth-order valence-corrected chi connectivity index (χ4v) is 2.38. The van der Waals surface area contributed by atoms with Gasteiger partial charge < -0.3 is 14.7 Å². The van der Waals surface area contributed by atoms with Gasteiger partial charge in [-0.1, -0.05) is 0 Å². The lowest BCUT2D eigenvalue weighted by Gasteiger charge is -2.30. The number of amides is 1. The summed E-state index contributed by atoms with van der Waals surface area (Å²) in [5.74, 6) is -1.22. The SMILES string of the molecule is Cc1cc(F)ccc1OCC(=O)N1CCC(C(=O)O)CC1. The van der Waals surface area contributed by atoms with Crippen LogP contribution in [0.5, 0.6) is 5.75 Å². The Morgan fingerprint density at radius 1 is 1.38 bits per heavy atom. The molecule has 0 radical (unpaired) electrons. The number of aryl methyl sites for hydroxylation is 1. The zero-order valence-electron chi connectivity index (χ0n) is 11.8. The number of hydrogen-bond donors (Lipinski definition) is 1. The summed E-state index contributed by atoms with van der Waals surface area (Å²) in [5.41, 5.74) is 0.632. The molecule has 6 heteroatoms. The van der Waals surface area contributed by atoms with E-state index in [0.29, 0.717) is 37.2 Å². The molecule has 1 aromatic carbocycles. The summed E-state index contributed by atoms with van der Waals surface area (Å²) in [7, 11) is 0. The van der Waals surface area contributed by atoms with E-state index < -0.39 is 5.97 Å². The first-order valence-electron chi connectivity index (χ1n) is 6.87. The fraction of sp³-hybridized carbons (Fsp3) is 0.467. The summed E-state index contributed by atoms with van der Waals surface area (Å²) in [6.07, 6.45) is 0.938. The summed E-state index contributed by atoms with van der Waals surface area (Å²) >= 11 is 0.